The smallest absolute Gasteiger partial charge is 0.255 e. The Morgan fingerprint density at radius 1 is 1.03 bits per heavy atom. The molecule has 170 valence electrons. The number of carbonyl (C=O) groups excluding carboxylic acids is 3. The molecule has 2 aliphatic rings. The SMILES string of the molecule is CCN(CC)CCN(CC)C(=O)CN1CCC2(CCC1=O)NC(=O)c1ccccc1N2. The van der Waals surface area contributed by atoms with E-state index in [0.29, 0.717) is 38.0 Å². The lowest BCUT2D eigenvalue weighted by molar-refractivity contribution is -0.140. The van der Waals surface area contributed by atoms with Gasteiger partial charge in [-0.25, -0.2) is 0 Å². The van der Waals surface area contributed by atoms with Crippen molar-refractivity contribution in [3.63, 3.8) is 0 Å². The topological polar surface area (TPSA) is 85.0 Å². The van der Waals surface area contributed by atoms with Gasteiger partial charge in [0.1, 0.15) is 5.66 Å². The number of nitrogens with zero attached hydrogens (tertiary/aromatic N) is 3. The molecule has 0 aliphatic carbocycles. The third-order valence-corrected chi connectivity index (χ3v) is 6.47. The second-order valence-corrected chi connectivity index (χ2v) is 8.27. The maximum absolute atomic E-state index is 12.9. The van der Waals surface area contributed by atoms with Crippen LogP contribution in [0.1, 0.15) is 50.4 Å². The fraction of sp³-hybridized carbons (Fsp3) is 0.609. The van der Waals surface area contributed by atoms with Crippen LogP contribution in [0.2, 0.25) is 0 Å². The van der Waals surface area contributed by atoms with Crippen LogP contribution in [0.15, 0.2) is 24.3 Å². The largest absolute Gasteiger partial charge is 0.362 e. The minimum atomic E-state index is -0.661. The Labute approximate surface area is 184 Å². The molecule has 1 atom stereocenters. The molecule has 8 heteroatoms. The highest BCUT2D eigenvalue weighted by Gasteiger charge is 2.40. The second-order valence-electron chi connectivity index (χ2n) is 8.27. The molecule has 0 saturated carbocycles. The Bertz CT molecular complexity index is 810. The summed E-state index contributed by atoms with van der Waals surface area (Å²) in [6.07, 6.45) is 1.34. The summed E-state index contributed by atoms with van der Waals surface area (Å²) in [6.45, 7) is 10.7. The first kappa shape index (κ1) is 23.1. The number of benzene rings is 1. The first-order chi connectivity index (χ1) is 14.9. The summed E-state index contributed by atoms with van der Waals surface area (Å²) in [5.74, 6) is -0.190. The van der Waals surface area contributed by atoms with Crippen molar-refractivity contribution in [2.24, 2.45) is 0 Å². The summed E-state index contributed by atoms with van der Waals surface area (Å²) in [4.78, 5) is 44.0. The predicted molar refractivity (Wildman–Crippen MR) is 121 cm³/mol. The van der Waals surface area contributed by atoms with Crippen molar-refractivity contribution in [3.8, 4) is 0 Å². The van der Waals surface area contributed by atoms with Crippen LogP contribution in [0.4, 0.5) is 5.69 Å². The fourth-order valence-electron chi connectivity index (χ4n) is 4.36. The molecule has 0 radical (unpaired) electrons. The van der Waals surface area contributed by atoms with Gasteiger partial charge in [0, 0.05) is 44.7 Å². The summed E-state index contributed by atoms with van der Waals surface area (Å²) in [5, 5.41) is 6.52. The average molecular weight is 430 g/mol. The van der Waals surface area contributed by atoms with Crippen molar-refractivity contribution in [1.82, 2.24) is 20.0 Å². The highest BCUT2D eigenvalue weighted by atomic mass is 16.2. The van der Waals surface area contributed by atoms with Crippen LogP contribution in [0.25, 0.3) is 0 Å². The lowest BCUT2D eigenvalue weighted by Gasteiger charge is -2.39. The third-order valence-electron chi connectivity index (χ3n) is 6.47. The molecule has 1 saturated heterocycles. The summed E-state index contributed by atoms with van der Waals surface area (Å²) in [6, 6.07) is 7.40. The van der Waals surface area contributed by atoms with Gasteiger partial charge in [-0.05, 0) is 38.6 Å². The molecule has 2 heterocycles. The van der Waals surface area contributed by atoms with E-state index >= 15 is 0 Å². The minimum absolute atomic E-state index is 0.0232. The number of anilines is 1. The average Bonchev–Trinajstić information content (AvgIpc) is 2.91. The standard InChI is InChI=1S/C23H35N5O3/c1-4-26(5-2)15-16-27(6-3)21(30)17-28-14-13-23(12-11-20(28)29)24-19-10-8-7-9-18(19)22(31)25-23/h7-10,24H,4-6,11-17H2,1-3H3,(H,25,31). The number of likely N-dealkylation sites (N-methyl/N-ethyl adjacent to an activating group) is 2. The van der Waals surface area contributed by atoms with Gasteiger partial charge >= 0.3 is 0 Å². The van der Waals surface area contributed by atoms with Gasteiger partial charge in [0.15, 0.2) is 0 Å². The summed E-state index contributed by atoms with van der Waals surface area (Å²) in [5.41, 5.74) is 0.742. The van der Waals surface area contributed by atoms with E-state index in [1.807, 2.05) is 30.0 Å². The van der Waals surface area contributed by atoms with Gasteiger partial charge in [0.05, 0.1) is 12.1 Å². The number of para-hydroxylation sites is 1. The van der Waals surface area contributed by atoms with Gasteiger partial charge < -0.3 is 25.3 Å². The Morgan fingerprint density at radius 3 is 2.48 bits per heavy atom. The molecular weight excluding hydrogens is 394 g/mol. The lowest BCUT2D eigenvalue weighted by atomic mass is 9.95. The number of amides is 3. The predicted octanol–water partition coefficient (Wildman–Crippen LogP) is 1.74. The highest BCUT2D eigenvalue weighted by Crippen LogP contribution is 2.31. The van der Waals surface area contributed by atoms with Gasteiger partial charge in [0.2, 0.25) is 11.8 Å². The number of hydrogen-bond acceptors (Lipinski definition) is 5. The van der Waals surface area contributed by atoms with Gasteiger partial charge in [-0.1, -0.05) is 26.0 Å². The Morgan fingerprint density at radius 2 is 1.77 bits per heavy atom. The van der Waals surface area contributed by atoms with E-state index in [-0.39, 0.29) is 30.7 Å². The van der Waals surface area contributed by atoms with E-state index in [4.69, 9.17) is 0 Å². The van der Waals surface area contributed by atoms with E-state index in [2.05, 4.69) is 29.4 Å². The number of hydrogen-bond donors (Lipinski definition) is 2. The third kappa shape index (κ3) is 5.36. The molecule has 1 aromatic carbocycles. The van der Waals surface area contributed by atoms with Crippen molar-refractivity contribution in [1.29, 1.82) is 0 Å². The molecule has 2 N–H and O–H groups in total. The van der Waals surface area contributed by atoms with Crippen LogP contribution in [-0.2, 0) is 9.59 Å². The minimum Gasteiger partial charge on any atom is -0.362 e. The Balaban J connectivity index is 1.62. The van der Waals surface area contributed by atoms with Crippen LogP contribution in [0, 0.1) is 0 Å². The van der Waals surface area contributed by atoms with Crippen LogP contribution < -0.4 is 10.6 Å². The molecule has 31 heavy (non-hydrogen) atoms. The van der Waals surface area contributed by atoms with E-state index in [9.17, 15) is 14.4 Å². The molecule has 0 aromatic heterocycles. The van der Waals surface area contributed by atoms with Gasteiger partial charge in [0.25, 0.3) is 5.91 Å². The second kappa shape index (κ2) is 10.1. The molecule has 2 aliphatic heterocycles. The monoisotopic (exact) mass is 429 g/mol. The molecule has 3 amide bonds. The normalized spacial score (nSPS) is 20.8. The van der Waals surface area contributed by atoms with Crippen LogP contribution >= 0.6 is 0 Å². The highest BCUT2D eigenvalue weighted by molar-refractivity contribution is 6.02. The quantitative estimate of drug-likeness (QED) is 0.658. The lowest BCUT2D eigenvalue weighted by Crippen LogP contribution is -2.58. The molecular formula is C23H35N5O3. The molecule has 8 nitrogen and oxygen atoms in total. The van der Waals surface area contributed by atoms with Crippen molar-refractivity contribution in [3.05, 3.63) is 29.8 Å². The summed E-state index contributed by atoms with van der Waals surface area (Å²) < 4.78 is 0. The molecule has 1 fully saturated rings. The van der Waals surface area contributed by atoms with E-state index in [1.165, 1.54) is 0 Å². The molecule has 1 aromatic rings. The van der Waals surface area contributed by atoms with E-state index in [1.54, 1.807) is 11.0 Å². The zero-order valence-electron chi connectivity index (χ0n) is 18.9. The number of likely N-dealkylation sites (tertiary alicyclic amines) is 1. The number of nitrogens with one attached hydrogen (secondary N) is 2. The zero-order chi connectivity index (χ0) is 22.4. The van der Waals surface area contributed by atoms with Gasteiger partial charge in [-0.3, -0.25) is 14.4 Å². The van der Waals surface area contributed by atoms with Gasteiger partial charge in [-0.2, -0.15) is 0 Å². The Kier molecular flexibility index (Phi) is 7.54. The van der Waals surface area contributed by atoms with Crippen LogP contribution in [0.3, 0.4) is 0 Å². The van der Waals surface area contributed by atoms with Crippen molar-refractivity contribution < 1.29 is 14.4 Å². The van der Waals surface area contributed by atoms with Crippen molar-refractivity contribution in [2.45, 2.75) is 45.7 Å². The molecule has 1 spiro atoms. The summed E-state index contributed by atoms with van der Waals surface area (Å²) >= 11 is 0. The first-order valence-electron chi connectivity index (χ1n) is 11.4. The van der Waals surface area contributed by atoms with E-state index in [0.717, 1.165) is 25.3 Å². The van der Waals surface area contributed by atoms with Gasteiger partial charge in [-0.15, -0.1) is 0 Å². The fourth-order valence-corrected chi connectivity index (χ4v) is 4.36. The maximum Gasteiger partial charge on any atom is 0.255 e. The molecule has 0 bridgehead atoms. The van der Waals surface area contributed by atoms with Crippen molar-refractivity contribution >= 4 is 23.4 Å². The zero-order valence-corrected chi connectivity index (χ0v) is 18.9. The van der Waals surface area contributed by atoms with Crippen molar-refractivity contribution in [2.75, 3.05) is 51.1 Å². The number of fused-ring (bicyclic) bond motifs is 1. The first-order valence-corrected chi connectivity index (χ1v) is 11.4. The van der Waals surface area contributed by atoms with Crippen LogP contribution in [-0.4, -0.2) is 83.9 Å². The van der Waals surface area contributed by atoms with E-state index < -0.39 is 5.66 Å². The summed E-state index contributed by atoms with van der Waals surface area (Å²) in [7, 11) is 0. The molecule has 1 unspecified atom stereocenters. The maximum atomic E-state index is 12.9. The van der Waals surface area contributed by atoms with Crippen LogP contribution in [0.5, 0.6) is 0 Å². The number of rotatable bonds is 8. The molecule has 3 rings (SSSR count). The Hall–Kier alpha value is -2.61. The number of carbonyl (C=O) groups is 3.